The van der Waals surface area contributed by atoms with E-state index in [1.54, 1.807) is 12.4 Å². The minimum atomic E-state index is 0. The zero-order valence-electron chi connectivity index (χ0n) is 18.0. The van der Waals surface area contributed by atoms with Gasteiger partial charge in [0.15, 0.2) is 5.96 Å². The number of nitrogens with zero attached hydrogens (tertiary/aromatic N) is 6. The van der Waals surface area contributed by atoms with Gasteiger partial charge in [0, 0.05) is 70.9 Å². The molecule has 1 saturated heterocycles. The molecule has 0 atom stereocenters. The molecular formula is C21H32ClIN8. The molecule has 31 heavy (non-hydrogen) atoms. The van der Waals surface area contributed by atoms with Crippen LogP contribution in [0.2, 0.25) is 5.15 Å². The molecule has 0 unspecified atom stereocenters. The van der Waals surface area contributed by atoms with Gasteiger partial charge in [-0.2, -0.15) is 0 Å². The molecule has 0 bridgehead atoms. The van der Waals surface area contributed by atoms with E-state index in [1.165, 1.54) is 0 Å². The fraction of sp³-hybridized carbons (Fsp3) is 0.524. The summed E-state index contributed by atoms with van der Waals surface area (Å²) < 4.78 is 0. The third kappa shape index (κ3) is 9.12. The van der Waals surface area contributed by atoms with E-state index in [4.69, 9.17) is 16.6 Å². The maximum atomic E-state index is 5.83. The Morgan fingerprint density at radius 1 is 1.10 bits per heavy atom. The Balaban J connectivity index is 0.00000341. The largest absolute Gasteiger partial charge is 0.357 e. The van der Waals surface area contributed by atoms with Crippen LogP contribution in [0.3, 0.4) is 0 Å². The molecule has 1 fully saturated rings. The molecule has 2 aromatic heterocycles. The zero-order valence-corrected chi connectivity index (χ0v) is 21.1. The number of hydrogen-bond donors (Lipinski definition) is 2. The van der Waals surface area contributed by atoms with Crippen molar-refractivity contribution in [2.45, 2.75) is 19.8 Å². The second-order valence-corrected chi connectivity index (χ2v) is 7.54. The van der Waals surface area contributed by atoms with Gasteiger partial charge in [-0.3, -0.25) is 9.89 Å². The van der Waals surface area contributed by atoms with E-state index >= 15 is 0 Å². The maximum absolute atomic E-state index is 5.83. The SMILES string of the molecule is CCNC(=NCCCN1CCN(c2ncccn2)CC1)NCCc1ccc(Cl)nc1.I. The van der Waals surface area contributed by atoms with Crippen molar-refractivity contribution in [3.8, 4) is 0 Å². The van der Waals surface area contributed by atoms with Gasteiger partial charge in [0.25, 0.3) is 0 Å². The minimum Gasteiger partial charge on any atom is -0.357 e. The van der Waals surface area contributed by atoms with Crippen molar-refractivity contribution in [2.75, 3.05) is 57.3 Å². The Bertz CT molecular complexity index is 767. The average molecular weight is 559 g/mol. The smallest absolute Gasteiger partial charge is 0.225 e. The minimum absolute atomic E-state index is 0. The number of rotatable bonds is 9. The lowest BCUT2D eigenvalue weighted by molar-refractivity contribution is 0.255. The van der Waals surface area contributed by atoms with Crippen LogP contribution in [-0.2, 0) is 6.42 Å². The van der Waals surface area contributed by atoms with Crippen molar-refractivity contribution < 1.29 is 0 Å². The van der Waals surface area contributed by atoms with Gasteiger partial charge in [-0.25, -0.2) is 15.0 Å². The predicted octanol–water partition coefficient (Wildman–Crippen LogP) is 2.45. The summed E-state index contributed by atoms with van der Waals surface area (Å²) in [5.74, 6) is 1.70. The highest BCUT2D eigenvalue weighted by Gasteiger charge is 2.18. The van der Waals surface area contributed by atoms with Gasteiger partial charge in [0.1, 0.15) is 5.15 Å². The van der Waals surface area contributed by atoms with Crippen LogP contribution in [0.15, 0.2) is 41.8 Å². The average Bonchev–Trinajstić information content (AvgIpc) is 2.79. The van der Waals surface area contributed by atoms with Crippen LogP contribution in [0.25, 0.3) is 0 Å². The number of aliphatic imine (C=N–C) groups is 1. The predicted molar refractivity (Wildman–Crippen MR) is 138 cm³/mol. The number of nitrogens with one attached hydrogen (secondary N) is 2. The summed E-state index contributed by atoms with van der Waals surface area (Å²) >= 11 is 5.83. The number of aromatic nitrogens is 3. The van der Waals surface area contributed by atoms with Gasteiger partial charge in [-0.05, 0) is 37.5 Å². The molecule has 1 aliphatic rings. The molecule has 10 heteroatoms. The molecule has 0 radical (unpaired) electrons. The molecule has 3 heterocycles. The molecule has 2 aromatic rings. The summed E-state index contributed by atoms with van der Waals surface area (Å²) in [6, 6.07) is 5.68. The molecule has 3 rings (SSSR count). The molecule has 0 aliphatic carbocycles. The monoisotopic (exact) mass is 558 g/mol. The molecule has 170 valence electrons. The van der Waals surface area contributed by atoms with E-state index in [2.05, 4.69) is 42.3 Å². The van der Waals surface area contributed by atoms with Crippen molar-refractivity contribution in [3.63, 3.8) is 0 Å². The van der Waals surface area contributed by atoms with E-state index in [0.29, 0.717) is 5.15 Å². The van der Waals surface area contributed by atoms with Crippen molar-refractivity contribution in [1.29, 1.82) is 0 Å². The highest BCUT2D eigenvalue weighted by molar-refractivity contribution is 14.0. The lowest BCUT2D eigenvalue weighted by atomic mass is 10.2. The number of guanidine groups is 1. The fourth-order valence-corrected chi connectivity index (χ4v) is 3.44. The van der Waals surface area contributed by atoms with E-state index < -0.39 is 0 Å². The first-order valence-electron chi connectivity index (χ1n) is 10.6. The summed E-state index contributed by atoms with van der Waals surface area (Å²) in [5.41, 5.74) is 1.16. The van der Waals surface area contributed by atoms with E-state index in [0.717, 1.165) is 82.7 Å². The maximum Gasteiger partial charge on any atom is 0.225 e. The summed E-state index contributed by atoms with van der Waals surface area (Å²) in [6.07, 6.45) is 7.34. The lowest BCUT2D eigenvalue weighted by Gasteiger charge is -2.34. The van der Waals surface area contributed by atoms with Crippen LogP contribution in [0, 0.1) is 0 Å². The van der Waals surface area contributed by atoms with Gasteiger partial charge in [-0.1, -0.05) is 17.7 Å². The van der Waals surface area contributed by atoms with Crippen LogP contribution < -0.4 is 15.5 Å². The molecule has 0 amide bonds. The Morgan fingerprint density at radius 3 is 2.55 bits per heavy atom. The topological polar surface area (TPSA) is 81.6 Å². The first kappa shape index (κ1) is 25.5. The molecule has 8 nitrogen and oxygen atoms in total. The second-order valence-electron chi connectivity index (χ2n) is 7.16. The Morgan fingerprint density at radius 2 is 1.87 bits per heavy atom. The Labute approximate surface area is 206 Å². The first-order valence-corrected chi connectivity index (χ1v) is 11.0. The number of hydrogen-bond acceptors (Lipinski definition) is 6. The lowest BCUT2D eigenvalue weighted by Crippen LogP contribution is -2.47. The van der Waals surface area contributed by atoms with Crippen LogP contribution >= 0.6 is 35.6 Å². The van der Waals surface area contributed by atoms with Crippen LogP contribution in [-0.4, -0.2) is 78.2 Å². The molecule has 0 spiro atoms. The van der Waals surface area contributed by atoms with Crippen LogP contribution in [0.1, 0.15) is 18.9 Å². The molecular weight excluding hydrogens is 527 g/mol. The number of pyridine rings is 1. The Hall–Kier alpha value is -1.72. The molecule has 1 aliphatic heterocycles. The van der Waals surface area contributed by atoms with Gasteiger partial charge >= 0.3 is 0 Å². The fourth-order valence-electron chi connectivity index (χ4n) is 3.33. The van der Waals surface area contributed by atoms with E-state index in [-0.39, 0.29) is 24.0 Å². The van der Waals surface area contributed by atoms with Crippen molar-refractivity contribution in [1.82, 2.24) is 30.5 Å². The van der Waals surface area contributed by atoms with Gasteiger partial charge < -0.3 is 15.5 Å². The van der Waals surface area contributed by atoms with Gasteiger partial charge in [0.05, 0.1) is 0 Å². The molecule has 0 saturated carbocycles. The third-order valence-electron chi connectivity index (χ3n) is 4.95. The highest BCUT2D eigenvalue weighted by atomic mass is 127. The number of halogens is 2. The summed E-state index contributed by atoms with van der Waals surface area (Å²) in [6.45, 7) is 9.61. The quantitative estimate of drug-likeness (QED) is 0.161. The third-order valence-corrected chi connectivity index (χ3v) is 5.17. The summed E-state index contributed by atoms with van der Waals surface area (Å²) in [4.78, 5) is 22.2. The Kier molecular flexibility index (Phi) is 11.8. The van der Waals surface area contributed by atoms with Gasteiger partial charge in [-0.15, -0.1) is 24.0 Å². The van der Waals surface area contributed by atoms with Crippen molar-refractivity contribution >= 4 is 47.5 Å². The number of piperazine rings is 1. The highest BCUT2D eigenvalue weighted by Crippen LogP contribution is 2.09. The van der Waals surface area contributed by atoms with E-state index in [9.17, 15) is 0 Å². The summed E-state index contributed by atoms with van der Waals surface area (Å²) in [5, 5.41) is 7.22. The second kappa shape index (κ2) is 14.4. The molecule has 2 N–H and O–H groups in total. The standard InChI is InChI=1S/C21H31ClN8.HI/c1-2-23-20(25-11-7-18-5-6-19(22)28-17-18)24-10-4-12-29-13-15-30(16-14-29)21-26-8-3-9-27-21;/h3,5-6,8-9,17H,2,4,7,10-16H2,1H3,(H2,23,24,25);1H. The van der Waals surface area contributed by atoms with Gasteiger partial charge in [0.2, 0.25) is 5.95 Å². The zero-order chi connectivity index (χ0) is 21.0. The molecule has 0 aromatic carbocycles. The normalized spacial score (nSPS) is 14.8. The first-order chi connectivity index (χ1) is 14.7. The number of anilines is 1. The van der Waals surface area contributed by atoms with Crippen LogP contribution in [0.4, 0.5) is 5.95 Å². The summed E-state index contributed by atoms with van der Waals surface area (Å²) in [7, 11) is 0. The van der Waals surface area contributed by atoms with Crippen molar-refractivity contribution in [2.24, 2.45) is 4.99 Å². The van der Waals surface area contributed by atoms with E-state index in [1.807, 2.05) is 24.4 Å². The van der Waals surface area contributed by atoms with Crippen molar-refractivity contribution in [3.05, 3.63) is 47.5 Å². The van der Waals surface area contributed by atoms with Crippen LogP contribution in [0.5, 0.6) is 0 Å².